The van der Waals surface area contributed by atoms with Crippen LogP contribution in [0.2, 0.25) is 0 Å². The van der Waals surface area contributed by atoms with E-state index in [1.807, 2.05) is 13.8 Å². The van der Waals surface area contributed by atoms with Crippen LogP contribution in [-0.4, -0.2) is 22.1 Å². The van der Waals surface area contributed by atoms with E-state index < -0.39 is 5.97 Å². The maximum Gasteiger partial charge on any atom is 0.316 e. The predicted octanol–water partition coefficient (Wildman–Crippen LogP) is 4.44. The Morgan fingerprint density at radius 3 is 2.05 bits per heavy atom. The number of hydrogen-bond acceptors (Lipinski definition) is 2. The molecule has 0 amide bonds. The van der Waals surface area contributed by atoms with E-state index in [1.165, 1.54) is 44.9 Å². The molecule has 0 aliphatic heterocycles. The maximum atomic E-state index is 11.3. The molecular formula is C17H28O2S. The van der Waals surface area contributed by atoms with Crippen LogP contribution in [0.3, 0.4) is 0 Å². The first-order chi connectivity index (χ1) is 9.47. The topological polar surface area (TPSA) is 37.3 Å². The second-order valence-electron chi connectivity index (χ2n) is 8.04. The van der Waals surface area contributed by atoms with Crippen molar-refractivity contribution >= 4 is 17.7 Å². The van der Waals surface area contributed by atoms with Gasteiger partial charge in [-0.2, -0.15) is 0 Å². The normalized spacial score (nSPS) is 40.2. The van der Waals surface area contributed by atoms with Crippen molar-refractivity contribution in [2.45, 2.75) is 64.0 Å². The Kier molecular flexibility index (Phi) is 4.09. The smallest absolute Gasteiger partial charge is 0.316 e. The number of hydrogen-bond donors (Lipinski definition) is 1. The summed E-state index contributed by atoms with van der Waals surface area (Å²) in [6.07, 6.45) is 10.1. The van der Waals surface area contributed by atoms with Gasteiger partial charge >= 0.3 is 5.97 Å². The van der Waals surface area contributed by atoms with Gasteiger partial charge in [0.05, 0.1) is 0 Å². The van der Waals surface area contributed by atoms with Gasteiger partial charge in [-0.15, -0.1) is 11.8 Å². The minimum Gasteiger partial charge on any atom is -0.480 e. The molecule has 4 aliphatic rings. The average Bonchev–Trinajstić information content (AvgIpc) is 2.31. The van der Waals surface area contributed by atoms with Gasteiger partial charge < -0.3 is 5.11 Å². The summed E-state index contributed by atoms with van der Waals surface area (Å²) in [5.41, 5.74) is 0.599. The van der Waals surface area contributed by atoms with Crippen molar-refractivity contribution in [2.75, 3.05) is 5.75 Å². The van der Waals surface area contributed by atoms with Gasteiger partial charge in [0.25, 0.3) is 0 Å². The average molecular weight is 296 g/mol. The molecule has 4 saturated carbocycles. The van der Waals surface area contributed by atoms with Crippen LogP contribution < -0.4 is 0 Å². The Morgan fingerprint density at radius 2 is 1.65 bits per heavy atom. The molecule has 4 fully saturated rings. The summed E-state index contributed by atoms with van der Waals surface area (Å²) >= 11 is 1.69. The molecule has 0 aromatic heterocycles. The molecule has 0 saturated heterocycles. The third-order valence-corrected chi connectivity index (χ3v) is 7.49. The number of rotatable bonds is 6. The van der Waals surface area contributed by atoms with Gasteiger partial charge in [0.15, 0.2) is 0 Å². The number of carbonyl (C=O) groups is 1. The van der Waals surface area contributed by atoms with Crippen molar-refractivity contribution < 1.29 is 9.90 Å². The van der Waals surface area contributed by atoms with Crippen LogP contribution in [0.25, 0.3) is 0 Å². The lowest BCUT2D eigenvalue weighted by molar-refractivity contribution is -0.137. The van der Waals surface area contributed by atoms with E-state index in [4.69, 9.17) is 0 Å². The number of carboxylic acids is 1. The Morgan fingerprint density at radius 1 is 1.15 bits per heavy atom. The molecule has 20 heavy (non-hydrogen) atoms. The van der Waals surface area contributed by atoms with Crippen molar-refractivity contribution in [2.24, 2.45) is 29.1 Å². The highest BCUT2D eigenvalue weighted by Crippen LogP contribution is 2.61. The van der Waals surface area contributed by atoms with Gasteiger partial charge in [-0.25, -0.2) is 0 Å². The van der Waals surface area contributed by atoms with Gasteiger partial charge in [-0.05, 0) is 79.8 Å². The minimum absolute atomic E-state index is 0.219. The lowest BCUT2D eigenvalue weighted by Crippen LogP contribution is -2.46. The standard InChI is InChI=1S/C17H28O2S/c1-11(2)15(16(18)19)20-4-3-17-8-12-5-13(9-17)7-14(6-12)10-17/h11-15H,3-10H2,1-2H3,(H,18,19). The van der Waals surface area contributed by atoms with Crippen LogP contribution >= 0.6 is 11.8 Å². The third kappa shape index (κ3) is 2.88. The Labute approximate surface area is 127 Å². The van der Waals surface area contributed by atoms with Gasteiger partial charge in [-0.1, -0.05) is 13.8 Å². The van der Waals surface area contributed by atoms with E-state index in [2.05, 4.69) is 0 Å². The minimum atomic E-state index is -0.629. The second-order valence-corrected chi connectivity index (χ2v) is 9.29. The van der Waals surface area contributed by atoms with E-state index in [0.29, 0.717) is 5.41 Å². The van der Waals surface area contributed by atoms with Crippen LogP contribution in [0.4, 0.5) is 0 Å². The molecule has 4 rings (SSSR count). The van der Waals surface area contributed by atoms with Crippen molar-refractivity contribution in [1.82, 2.24) is 0 Å². The van der Waals surface area contributed by atoms with Gasteiger partial charge in [0.1, 0.15) is 5.25 Å². The summed E-state index contributed by atoms with van der Waals surface area (Å²) in [6, 6.07) is 0. The Bertz CT molecular complexity index is 342. The van der Waals surface area contributed by atoms with Crippen molar-refractivity contribution in [3.05, 3.63) is 0 Å². The van der Waals surface area contributed by atoms with E-state index >= 15 is 0 Å². The van der Waals surface area contributed by atoms with Crippen LogP contribution in [0.15, 0.2) is 0 Å². The quantitative estimate of drug-likeness (QED) is 0.787. The van der Waals surface area contributed by atoms with Crippen LogP contribution in [0.5, 0.6) is 0 Å². The third-order valence-electron chi connectivity index (χ3n) is 5.94. The van der Waals surface area contributed by atoms with Gasteiger partial charge in [0.2, 0.25) is 0 Å². The molecule has 4 bridgehead atoms. The molecule has 4 aliphatic carbocycles. The molecule has 0 heterocycles. The molecule has 1 atom stereocenters. The fraction of sp³-hybridized carbons (Fsp3) is 0.941. The zero-order valence-corrected chi connectivity index (χ0v) is 13.6. The first-order valence-corrected chi connectivity index (χ1v) is 9.37. The second kappa shape index (κ2) is 5.55. The molecule has 0 aromatic rings. The number of aliphatic carboxylic acids is 1. The number of thioether (sulfide) groups is 1. The monoisotopic (exact) mass is 296 g/mol. The van der Waals surface area contributed by atoms with Crippen LogP contribution in [0.1, 0.15) is 58.8 Å². The molecule has 114 valence electrons. The fourth-order valence-electron chi connectivity index (χ4n) is 5.55. The van der Waals surface area contributed by atoms with Crippen molar-refractivity contribution in [3.63, 3.8) is 0 Å². The molecule has 0 aromatic carbocycles. The van der Waals surface area contributed by atoms with Gasteiger partial charge in [0, 0.05) is 0 Å². The number of carboxylic acid groups (broad SMARTS) is 1. The van der Waals surface area contributed by atoms with E-state index in [9.17, 15) is 9.90 Å². The summed E-state index contributed by atoms with van der Waals surface area (Å²) < 4.78 is 0. The summed E-state index contributed by atoms with van der Waals surface area (Å²) in [7, 11) is 0. The van der Waals surface area contributed by atoms with E-state index in [-0.39, 0.29) is 11.2 Å². The first-order valence-electron chi connectivity index (χ1n) is 8.32. The molecule has 1 N–H and O–H groups in total. The highest BCUT2D eigenvalue weighted by atomic mass is 32.2. The molecule has 2 nitrogen and oxygen atoms in total. The zero-order valence-electron chi connectivity index (χ0n) is 12.8. The SMILES string of the molecule is CC(C)C(SCCC12CC3CC(CC(C3)C1)C2)C(=O)O. The highest BCUT2D eigenvalue weighted by molar-refractivity contribution is 8.00. The first kappa shape index (κ1) is 14.7. The van der Waals surface area contributed by atoms with Crippen molar-refractivity contribution in [3.8, 4) is 0 Å². The highest BCUT2D eigenvalue weighted by Gasteiger charge is 2.50. The summed E-state index contributed by atoms with van der Waals surface area (Å²) in [5, 5.41) is 9.06. The molecule has 0 radical (unpaired) electrons. The largest absolute Gasteiger partial charge is 0.480 e. The molecular weight excluding hydrogens is 268 g/mol. The van der Waals surface area contributed by atoms with Gasteiger partial charge in [-0.3, -0.25) is 4.79 Å². The van der Waals surface area contributed by atoms with Crippen molar-refractivity contribution in [1.29, 1.82) is 0 Å². The van der Waals surface area contributed by atoms with Crippen LogP contribution in [-0.2, 0) is 4.79 Å². The molecule has 0 spiro atoms. The zero-order chi connectivity index (χ0) is 14.3. The van der Waals surface area contributed by atoms with E-state index in [1.54, 1.807) is 11.8 Å². The fourth-order valence-corrected chi connectivity index (χ4v) is 6.88. The molecule has 1 unspecified atom stereocenters. The lowest BCUT2D eigenvalue weighted by Gasteiger charge is -2.57. The Hall–Kier alpha value is -0.180. The summed E-state index contributed by atoms with van der Waals surface area (Å²) in [5.74, 6) is 3.66. The predicted molar refractivity (Wildman–Crippen MR) is 83.9 cm³/mol. The van der Waals surface area contributed by atoms with E-state index in [0.717, 1.165) is 23.5 Å². The summed E-state index contributed by atoms with van der Waals surface area (Å²) in [4.78, 5) is 11.3. The summed E-state index contributed by atoms with van der Waals surface area (Å²) in [6.45, 7) is 4.05. The lowest BCUT2D eigenvalue weighted by atomic mass is 9.49. The Balaban J connectivity index is 1.54. The van der Waals surface area contributed by atoms with Crippen LogP contribution in [0, 0.1) is 29.1 Å². The molecule has 3 heteroatoms. The maximum absolute atomic E-state index is 11.3.